The predicted octanol–water partition coefficient (Wildman–Crippen LogP) is 6.59. The summed E-state index contributed by atoms with van der Waals surface area (Å²) in [6.45, 7) is 4.47. The van der Waals surface area contributed by atoms with Crippen LogP contribution in [0.2, 0.25) is 0 Å². The molecule has 0 saturated carbocycles. The highest BCUT2D eigenvalue weighted by molar-refractivity contribution is 9.17. The highest BCUT2D eigenvalue weighted by Gasteiger charge is 2.42. The van der Waals surface area contributed by atoms with Crippen LogP contribution in [-0.4, -0.2) is 0 Å². The molecular weight excluding hydrogens is 452 g/mol. The molecule has 0 unspecified atom stereocenters. The second-order valence-corrected chi connectivity index (χ2v) is 7.01. The number of halogens is 4. The molecule has 0 atom stereocenters. The van der Waals surface area contributed by atoms with E-state index in [0.717, 1.165) is 8.96 Å². The van der Waals surface area contributed by atoms with Crippen LogP contribution in [0.4, 0.5) is 0 Å². The third-order valence-electron chi connectivity index (χ3n) is 2.77. The zero-order valence-corrected chi connectivity index (χ0v) is 15.2. The molecule has 15 heavy (non-hydrogen) atoms. The Bertz CT molecular complexity index is 283. The van der Waals surface area contributed by atoms with Gasteiger partial charge in [-0.25, -0.2) is 0 Å². The summed E-state index contributed by atoms with van der Waals surface area (Å²) in [6.07, 6.45) is 4.72. The monoisotopic (exact) mass is 462 g/mol. The molecule has 0 aromatic carbocycles. The lowest BCUT2D eigenvalue weighted by Crippen LogP contribution is -2.19. The number of rotatable bonds is 4. The van der Waals surface area contributed by atoms with Gasteiger partial charge in [0.2, 0.25) is 0 Å². The fraction of sp³-hybridized carbons (Fsp3) is 0.636. The normalized spacial score (nSPS) is 20.4. The zero-order chi connectivity index (χ0) is 11.6. The maximum absolute atomic E-state index is 3.74. The van der Waals surface area contributed by atoms with Crippen LogP contribution in [0.1, 0.15) is 39.5 Å². The van der Waals surface area contributed by atoms with E-state index in [0.29, 0.717) is 0 Å². The molecule has 1 aliphatic rings. The first-order valence-electron chi connectivity index (χ1n) is 5.13. The second kappa shape index (κ2) is 5.83. The first-order valence-corrected chi connectivity index (χ1v) is 8.30. The van der Waals surface area contributed by atoms with E-state index in [1.807, 2.05) is 0 Å². The van der Waals surface area contributed by atoms with E-state index in [-0.39, 0.29) is 5.41 Å². The summed E-state index contributed by atoms with van der Waals surface area (Å²) in [4.78, 5) is 0. The van der Waals surface area contributed by atoms with Crippen LogP contribution in [0.25, 0.3) is 0 Å². The van der Waals surface area contributed by atoms with Crippen LogP contribution in [0.5, 0.6) is 0 Å². The molecule has 1 aliphatic carbocycles. The summed E-state index contributed by atoms with van der Waals surface area (Å²) in [7, 11) is 0. The summed E-state index contributed by atoms with van der Waals surface area (Å²) < 4.78 is 4.85. The molecular formula is C11H14Br4. The van der Waals surface area contributed by atoms with Gasteiger partial charge in [-0.15, -0.1) is 0 Å². The van der Waals surface area contributed by atoms with Crippen molar-refractivity contribution in [2.75, 3.05) is 0 Å². The largest absolute Gasteiger partial charge is 0.0653 e. The van der Waals surface area contributed by atoms with E-state index in [9.17, 15) is 0 Å². The van der Waals surface area contributed by atoms with Gasteiger partial charge in [0, 0.05) is 23.3 Å². The van der Waals surface area contributed by atoms with E-state index < -0.39 is 0 Å². The SMILES string of the molecule is CCCC1(CCC)C(Br)=C(Br)C(Br)=C1Br. The van der Waals surface area contributed by atoms with Crippen LogP contribution >= 0.6 is 63.7 Å². The van der Waals surface area contributed by atoms with Crippen LogP contribution in [0.3, 0.4) is 0 Å². The minimum atomic E-state index is 0.154. The Hall–Kier alpha value is 1.40. The summed E-state index contributed by atoms with van der Waals surface area (Å²) in [6, 6.07) is 0. The van der Waals surface area contributed by atoms with E-state index in [2.05, 4.69) is 77.6 Å². The third kappa shape index (κ3) is 2.48. The highest BCUT2D eigenvalue weighted by Crippen LogP contribution is 2.60. The molecule has 0 nitrogen and oxygen atoms in total. The van der Waals surface area contributed by atoms with Crippen LogP contribution in [0, 0.1) is 5.41 Å². The minimum absolute atomic E-state index is 0.154. The van der Waals surface area contributed by atoms with Crippen molar-refractivity contribution in [3.8, 4) is 0 Å². The van der Waals surface area contributed by atoms with Gasteiger partial charge < -0.3 is 0 Å². The molecule has 0 N–H and O–H groups in total. The van der Waals surface area contributed by atoms with Crippen molar-refractivity contribution in [1.29, 1.82) is 0 Å². The second-order valence-electron chi connectivity index (χ2n) is 3.84. The lowest BCUT2D eigenvalue weighted by molar-refractivity contribution is 0.398. The van der Waals surface area contributed by atoms with E-state index in [4.69, 9.17) is 0 Å². The molecule has 0 spiro atoms. The summed E-state index contributed by atoms with van der Waals surface area (Å²) >= 11 is 14.7. The van der Waals surface area contributed by atoms with Gasteiger partial charge in [-0.05, 0) is 44.7 Å². The first-order chi connectivity index (χ1) is 7.01. The molecule has 0 aliphatic heterocycles. The third-order valence-corrected chi connectivity index (χ3v) is 8.27. The summed E-state index contributed by atoms with van der Waals surface area (Å²) in [5, 5.41) is 0. The average Bonchev–Trinajstić information content (AvgIpc) is 2.36. The Morgan fingerprint density at radius 2 is 1.13 bits per heavy atom. The highest BCUT2D eigenvalue weighted by atomic mass is 79.9. The quantitative estimate of drug-likeness (QED) is 0.439. The van der Waals surface area contributed by atoms with Gasteiger partial charge in [-0.2, -0.15) is 0 Å². The van der Waals surface area contributed by atoms with Crippen molar-refractivity contribution in [3.63, 3.8) is 0 Å². The Kier molecular flexibility index (Phi) is 5.62. The number of allylic oxidation sites excluding steroid dienone is 4. The van der Waals surface area contributed by atoms with Gasteiger partial charge in [0.25, 0.3) is 0 Å². The van der Waals surface area contributed by atoms with Crippen molar-refractivity contribution in [1.82, 2.24) is 0 Å². The van der Waals surface area contributed by atoms with Gasteiger partial charge in [0.1, 0.15) is 0 Å². The molecule has 0 fully saturated rings. The van der Waals surface area contributed by atoms with Crippen molar-refractivity contribution in [3.05, 3.63) is 17.9 Å². The zero-order valence-electron chi connectivity index (χ0n) is 8.84. The van der Waals surface area contributed by atoms with Gasteiger partial charge in [-0.3, -0.25) is 0 Å². The fourth-order valence-electron chi connectivity index (χ4n) is 2.13. The Morgan fingerprint density at radius 1 is 0.800 bits per heavy atom. The van der Waals surface area contributed by atoms with Crippen molar-refractivity contribution in [2.24, 2.45) is 5.41 Å². The average molecular weight is 466 g/mol. The molecule has 86 valence electrons. The van der Waals surface area contributed by atoms with Crippen molar-refractivity contribution < 1.29 is 0 Å². The van der Waals surface area contributed by atoms with Gasteiger partial charge >= 0.3 is 0 Å². The van der Waals surface area contributed by atoms with Crippen LogP contribution < -0.4 is 0 Å². The summed E-state index contributed by atoms with van der Waals surface area (Å²) in [5.41, 5.74) is 0.154. The van der Waals surface area contributed by atoms with Gasteiger partial charge in [-0.1, -0.05) is 58.5 Å². The lowest BCUT2D eigenvalue weighted by Gasteiger charge is -2.30. The number of hydrogen-bond donors (Lipinski definition) is 0. The topological polar surface area (TPSA) is 0 Å². The van der Waals surface area contributed by atoms with Crippen LogP contribution in [0.15, 0.2) is 17.9 Å². The molecule has 1 rings (SSSR count). The molecule has 0 aromatic heterocycles. The van der Waals surface area contributed by atoms with E-state index in [1.165, 1.54) is 34.6 Å². The fourth-order valence-corrected chi connectivity index (χ4v) is 5.67. The predicted molar refractivity (Wildman–Crippen MR) is 82.0 cm³/mol. The molecule has 0 radical (unpaired) electrons. The standard InChI is InChI=1S/C11H14Br4/c1-3-5-11(6-4-2)9(14)7(12)8(13)10(11)15/h3-6H2,1-2H3. The molecule has 0 saturated heterocycles. The Labute approximate surface area is 125 Å². The molecule has 4 heteroatoms. The lowest BCUT2D eigenvalue weighted by atomic mass is 9.81. The molecule has 0 bridgehead atoms. The maximum atomic E-state index is 3.74. The smallest absolute Gasteiger partial charge is 0.0436 e. The maximum Gasteiger partial charge on any atom is 0.0436 e. The molecule has 0 aromatic rings. The van der Waals surface area contributed by atoms with Gasteiger partial charge in [0.05, 0.1) is 0 Å². The molecule has 0 amide bonds. The van der Waals surface area contributed by atoms with E-state index >= 15 is 0 Å². The van der Waals surface area contributed by atoms with Crippen LogP contribution in [-0.2, 0) is 0 Å². The van der Waals surface area contributed by atoms with Crippen molar-refractivity contribution in [2.45, 2.75) is 39.5 Å². The van der Waals surface area contributed by atoms with Crippen molar-refractivity contribution >= 4 is 63.7 Å². The summed E-state index contributed by atoms with van der Waals surface area (Å²) in [5.74, 6) is 0. The van der Waals surface area contributed by atoms with Gasteiger partial charge in [0.15, 0.2) is 0 Å². The Morgan fingerprint density at radius 3 is 1.40 bits per heavy atom. The minimum Gasteiger partial charge on any atom is -0.0653 e. The number of hydrogen-bond acceptors (Lipinski definition) is 0. The first kappa shape index (κ1) is 14.5. The Balaban J connectivity index is 3.19. The van der Waals surface area contributed by atoms with E-state index in [1.54, 1.807) is 0 Å². The molecule has 0 heterocycles.